The first-order chi connectivity index (χ1) is 5.61. The lowest BCUT2D eigenvalue weighted by molar-refractivity contribution is -0.137. The Labute approximate surface area is 67.2 Å². The maximum atomic E-state index is 11.7. The van der Waals surface area contributed by atoms with Gasteiger partial charge in [-0.25, -0.2) is 0 Å². The molecule has 0 saturated heterocycles. The van der Waals surface area contributed by atoms with Crippen LogP contribution in [0.15, 0.2) is 24.5 Å². The second-order valence-electron chi connectivity index (χ2n) is 1.74. The zero-order valence-electron chi connectivity index (χ0n) is 6.05. The standard InChI is InChI=1S/C6H4F3N.H4N2/c7-6(8,9)5-2-1-3-10-4-5;1-2/h1-4H;1-2H2. The van der Waals surface area contributed by atoms with Crippen LogP contribution in [0.2, 0.25) is 0 Å². The summed E-state index contributed by atoms with van der Waals surface area (Å²) < 4.78 is 35.2. The van der Waals surface area contributed by atoms with Gasteiger partial charge in [0.2, 0.25) is 0 Å². The van der Waals surface area contributed by atoms with Gasteiger partial charge in [-0.3, -0.25) is 16.7 Å². The Morgan fingerprint density at radius 3 is 2.08 bits per heavy atom. The van der Waals surface area contributed by atoms with Crippen molar-refractivity contribution < 1.29 is 13.2 Å². The van der Waals surface area contributed by atoms with E-state index in [2.05, 4.69) is 16.7 Å². The molecule has 0 atom stereocenters. The van der Waals surface area contributed by atoms with E-state index in [-0.39, 0.29) is 0 Å². The molecule has 0 bridgehead atoms. The van der Waals surface area contributed by atoms with E-state index in [0.29, 0.717) is 0 Å². The molecule has 1 aromatic rings. The number of nitrogens with two attached hydrogens (primary N) is 2. The molecule has 0 radical (unpaired) electrons. The average Bonchev–Trinajstić information content (AvgIpc) is 2.08. The van der Waals surface area contributed by atoms with Crippen LogP contribution in [0.4, 0.5) is 13.2 Å². The monoisotopic (exact) mass is 179 g/mol. The highest BCUT2D eigenvalue weighted by atomic mass is 19.4. The summed E-state index contributed by atoms with van der Waals surface area (Å²) in [5, 5.41) is 0. The van der Waals surface area contributed by atoms with Gasteiger partial charge in [0.05, 0.1) is 5.56 Å². The Hall–Kier alpha value is -1.14. The Morgan fingerprint density at radius 2 is 1.83 bits per heavy atom. The third-order valence-electron chi connectivity index (χ3n) is 0.989. The average molecular weight is 179 g/mol. The van der Waals surface area contributed by atoms with Gasteiger partial charge in [0.15, 0.2) is 0 Å². The van der Waals surface area contributed by atoms with Gasteiger partial charge in [-0.05, 0) is 12.1 Å². The highest BCUT2D eigenvalue weighted by molar-refractivity contribution is 5.11. The first-order valence-electron chi connectivity index (χ1n) is 2.91. The molecule has 4 N–H and O–H groups in total. The molecule has 1 aromatic heterocycles. The third kappa shape index (κ3) is 3.31. The van der Waals surface area contributed by atoms with E-state index in [9.17, 15) is 13.2 Å². The first-order valence-corrected chi connectivity index (χ1v) is 2.91. The summed E-state index contributed by atoms with van der Waals surface area (Å²) in [5.41, 5.74) is -0.713. The molecule has 0 aromatic carbocycles. The number of hydrazine groups is 1. The molecule has 68 valence electrons. The van der Waals surface area contributed by atoms with Crippen LogP contribution in [-0.4, -0.2) is 4.98 Å². The predicted octanol–water partition coefficient (Wildman–Crippen LogP) is 0.919. The SMILES string of the molecule is FC(F)(F)c1cccnc1.NN. The molecule has 0 unspecified atom stereocenters. The lowest BCUT2D eigenvalue weighted by Gasteiger charge is -2.03. The molecular weight excluding hydrogens is 171 g/mol. The fourth-order valence-corrected chi connectivity index (χ4v) is 0.530. The Balaban J connectivity index is 0.000000561. The van der Waals surface area contributed by atoms with Gasteiger partial charge >= 0.3 is 6.18 Å². The van der Waals surface area contributed by atoms with Crippen LogP contribution in [0, 0.1) is 0 Å². The van der Waals surface area contributed by atoms with Crippen molar-refractivity contribution in [3.8, 4) is 0 Å². The smallest absolute Gasteiger partial charge is 0.274 e. The molecule has 0 amide bonds. The highest BCUT2D eigenvalue weighted by Gasteiger charge is 2.30. The van der Waals surface area contributed by atoms with Crippen LogP contribution in [0.3, 0.4) is 0 Å². The second kappa shape index (κ2) is 4.68. The predicted molar refractivity (Wildman–Crippen MR) is 37.6 cm³/mol. The highest BCUT2D eigenvalue weighted by Crippen LogP contribution is 2.27. The summed E-state index contributed by atoms with van der Waals surface area (Å²) in [6.45, 7) is 0. The number of halogens is 3. The summed E-state index contributed by atoms with van der Waals surface area (Å²) in [5.74, 6) is 8.00. The van der Waals surface area contributed by atoms with Crippen molar-refractivity contribution in [2.45, 2.75) is 6.18 Å². The first kappa shape index (κ1) is 10.9. The van der Waals surface area contributed by atoms with E-state index in [4.69, 9.17) is 0 Å². The number of hydrogen-bond acceptors (Lipinski definition) is 3. The number of alkyl halides is 3. The molecule has 0 spiro atoms. The summed E-state index contributed by atoms with van der Waals surface area (Å²) >= 11 is 0. The largest absolute Gasteiger partial charge is 0.417 e. The van der Waals surface area contributed by atoms with Gasteiger partial charge in [0, 0.05) is 12.4 Å². The van der Waals surface area contributed by atoms with Crippen molar-refractivity contribution in [2.75, 3.05) is 0 Å². The molecule has 3 nitrogen and oxygen atoms in total. The van der Waals surface area contributed by atoms with E-state index in [1.165, 1.54) is 12.3 Å². The minimum atomic E-state index is -4.27. The molecule has 12 heavy (non-hydrogen) atoms. The number of aromatic nitrogens is 1. The van der Waals surface area contributed by atoms with E-state index < -0.39 is 11.7 Å². The lowest BCUT2D eigenvalue weighted by atomic mass is 10.3. The van der Waals surface area contributed by atoms with E-state index in [1.54, 1.807) is 0 Å². The number of pyridine rings is 1. The van der Waals surface area contributed by atoms with Crippen molar-refractivity contribution in [2.24, 2.45) is 11.7 Å². The van der Waals surface area contributed by atoms with Crippen LogP contribution in [0.1, 0.15) is 5.56 Å². The summed E-state index contributed by atoms with van der Waals surface area (Å²) in [4.78, 5) is 3.33. The summed E-state index contributed by atoms with van der Waals surface area (Å²) in [6.07, 6.45) is -2.18. The van der Waals surface area contributed by atoms with Crippen molar-refractivity contribution in [1.82, 2.24) is 4.98 Å². The molecule has 1 rings (SSSR count). The second-order valence-corrected chi connectivity index (χ2v) is 1.74. The Bertz CT molecular complexity index is 209. The molecule has 0 aliphatic heterocycles. The van der Waals surface area contributed by atoms with Crippen molar-refractivity contribution in [1.29, 1.82) is 0 Å². The molecule has 6 heteroatoms. The van der Waals surface area contributed by atoms with Gasteiger partial charge in [-0.1, -0.05) is 0 Å². The van der Waals surface area contributed by atoms with Crippen molar-refractivity contribution in [3.63, 3.8) is 0 Å². The van der Waals surface area contributed by atoms with E-state index in [1.807, 2.05) is 0 Å². The number of nitrogens with zero attached hydrogens (tertiary/aromatic N) is 1. The maximum Gasteiger partial charge on any atom is 0.417 e. The normalized spacial score (nSPS) is 10.1. The van der Waals surface area contributed by atoms with Gasteiger partial charge in [0.25, 0.3) is 0 Å². The zero-order chi connectivity index (χ0) is 9.61. The van der Waals surface area contributed by atoms with E-state index >= 15 is 0 Å². The Kier molecular flexibility index (Phi) is 4.24. The molecule has 1 heterocycles. The molecule has 0 aliphatic carbocycles. The summed E-state index contributed by atoms with van der Waals surface area (Å²) in [6, 6.07) is 2.23. The van der Waals surface area contributed by atoms with Gasteiger partial charge in [-0.15, -0.1) is 0 Å². The fourth-order valence-electron chi connectivity index (χ4n) is 0.530. The molecular formula is C6H8F3N3. The van der Waals surface area contributed by atoms with Crippen LogP contribution in [-0.2, 0) is 6.18 Å². The van der Waals surface area contributed by atoms with Crippen LogP contribution >= 0.6 is 0 Å². The topological polar surface area (TPSA) is 64.9 Å². The minimum Gasteiger partial charge on any atom is -0.274 e. The van der Waals surface area contributed by atoms with E-state index in [0.717, 1.165) is 12.3 Å². The molecule has 0 saturated carbocycles. The quantitative estimate of drug-likeness (QED) is 0.459. The lowest BCUT2D eigenvalue weighted by Crippen LogP contribution is -2.04. The maximum absolute atomic E-state index is 11.7. The van der Waals surface area contributed by atoms with Gasteiger partial charge in [-0.2, -0.15) is 13.2 Å². The van der Waals surface area contributed by atoms with Crippen LogP contribution in [0.25, 0.3) is 0 Å². The van der Waals surface area contributed by atoms with Crippen molar-refractivity contribution in [3.05, 3.63) is 30.1 Å². The fraction of sp³-hybridized carbons (Fsp3) is 0.167. The number of hydrogen-bond donors (Lipinski definition) is 2. The number of rotatable bonds is 0. The van der Waals surface area contributed by atoms with Crippen molar-refractivity contribution >= 4 is 0 Å². The third-order valence-corrected chi connectivity index (χ3v) is 0.989. The van der Waals surface area contributed by atoms with Crippen LogP contribution in [0.5, 0.6) is 0 Å². The minimum absolute atomic E-state index is 0.713. The molecule has 0 aliphatic rings. The molecule has 0 fully saturated rings. The summed E-state index contributed by atoms with van der Waals surface area (Å²) in [7, 11) is 0. The van der Waals surface area contributed by atoms with Gasteiger partial charge < -0.3 is 0 Å². The van der Waals surface area contributed by atoms with Gasteiger partial charge in [0.1, 0.15) is 0 Å². The zero-order valence-corrected chi connectivity index (χ0v) is 6.05. The van der Waals surface area contributed by atoms with Crippen LogP contribution < -0.4 is 11.7 Å². The Morgan fingerprint density at radius 1 is 1.25 bits per heavy atom.